The highest BCUT2D eigenvalue weighted by atomic mass is 16.5. The normalized spacial score (nSPS) is 21.6. The van der Waals surface area contributed by atoms with E-state index in [2.05, 4.69) is 21.3 Å². The molecule has 0 unspecified atom stereocenters. The molecule has 0 aromatic heterocycles. The molecule has 2 aromatic carbocycles. The number of benzene rings is 2. The van der Waals surface area contributed by atoms with Crippen LogP contribution in [0.4, 0.5) is 0 Å². The lowest BCUT2D eigenvalue weighted by Crippen LogP contribution is -2.58. The van der Waals surface area contributed by atoms with Gasteiger partial charge in [0, 0.05) is 13.1 Å². The first kappa shape index (κ1) is 30.9. The number of fused-ring (bicyclic) bond motifs is 1. The minimum atomic E-state index is -0.795. The second kappa shape index (κ2) is 15.9. The molecule has 2 aromatic rings. The molecule has 0 spiro atoms. The van der Waals surface area contributed by atoms with Crippen LogP contribution in [-0.2, 0) is 27.2 Å². The van der Waals surface area contributed by atoms with E-state index in [0.717, 1.165) is 36.1 Å². The maximum Gasteiger partial charge on any atom is 0.243 e. The molecule has 218 valence electrons. The standard InChI is InChI=1S/C31H44N4O5/c1-5-10-25-29(36)33-16-9-13-23-12-6-7-15-27(23)40-18-17-32-26(20-22-11-8-14-24(19-22)39-4)30(37)35-28(21(2)3)31(38)34-25/h6-8,11-12,14-15,19,21,25-26,28,32H,5,9-10,13,16-18,20H2,1-4H3,(H,33,36)(H,34,38)(H,35,37)/t25-,26+,28+/m0/s1. The fourth-order valence-electron chi connectivity index (χ4n) is 4.76. The van der Waals surface area contributed by atoms with Crippen LogP contribution >= 0.6 is 0 Å². The molecule has 0 radical (unpaired) electrons. The summed E-state index contributed by atoms with van der Waals surface area (Å²) >= 11 is 0. The van der Waals surface area contributed by atoms with Crippen LogP contribution in [0.3, 0.4) is 0 Å². The van der Waals surface area contributed by atoms with Gasteiger partial charge in [0.1, 0.15) is 30.2 Å². The zero-order valence-electron chi connectivity index (χ0n) is 24.1. The van der Waals surface area contributed by atoms with Gasteiger partial charge in [0.15, 0.2) is 0 Å². The van der Waals surface area contributed by atoms with Crippen molar-refractivity contribution in [1.82, 2.24) is 21.3 Å². The van der Waals surface area contributed by atoms with Gasteiger partial charge in [0.2, 0.25) is 17.7 Å². The van der Waals surface area contributed by atoms with Crippen molar-refractivity contribution < 1.29 is 23.9 Å². The first-order chi connectivity index (χ1) is 19.3. The highest BCUT2D eigenvalue weighted by Crippen LogP contribution is 2.20. The number of methoxy groups -OCH3 is 1. The van der Waals surface area contributed by atoms with Crippen LogP contribution in [-0.4, -0.2) is 62.7 Å². The minimum Gasteiger partial charge on any atom is -0.497 e. The number of nitrogens with one attached hydrogen (secondary N) is 4. The van der Waals surface area contributed by atoms with Crippen molar-refractivity contribution in [3.63, 3.8) is 0 Å². The Bertz CT molecular complexity index is 1120. The van der Waals surface area contributed by atoms with Crippen LogP contribution in [0, 0.1) is 5.92 Å². The third kappa shape index (κ3) is 9.26. The maximum atomic E-state index is 13.6. The molecule has 3 amide bonds. The zero-order chi connectivity index (χ0) is 28.9. The Kier molecular flexibility index (Phi) is 12.3. The number of hydrogen-bond acceptors (Lipinski definition) is 6. The van der Waals surface area contributed by atoms with Crippen molar-refractivity contribution in [2.24, 2.45) is 5.92 Å². The van der Waals surface area contributed by atoms with Crippen LogP contribution in [0.15, 0.2) is 48.5 Å². The van der Waals surface area contributed by atoms with Gasteiger partial charge in [-0.25, -0.2) is 0 Å². The molecule has 0 bridgehead atoms. The summed E-state index contributed by atoms with van der Waals surface area (Å²) in [4.78, 5) is 39.9. The average molecular weight is 553 g/mol. The molecule has 40 heavy (non-hydrogen) atoms. The Morgan fingerprint density at radius 3 is 2.50 bits per heavy atom. The summed E-state index contributed by atoms with van der Waals surface area (Å²) in [5, 5.41) is 12.1. The first-order valence-corrected chi connectivity index (χ1v) is 14.3. The Balaban J connectivity index is 1.86. The predicted octanol–water partition coefficient (Wildman–Crippen LogP) is 2.76. The third-order valence-electron chi connectivity index (χ3n) is 6.99. The van der Waals surface area contributed by atoms with Crippen molar-refractivity contribution in [2.45, 2.75) is 71.0 Å². The predicted molar refractivity (Wildman–Crippen MR) is 155 cm³/mol. The van der Waals surface area contributed by atoms with Gasteiger partial charge in [0.25, 0.3) is 0 Å². The van der Waals surface area contributed by atoms with Crippen molar-refractivity contribution in [1.29, 1.82) is 0 Å². The summed E-state index contributed by atoms with van der Waals surface area (Å²) in [6.45, 7) is 7.01. The van der Waals surface area contributed by atoms with E-state index >= 15 is 0 Å². The highest BCUT2D eigenvalue weighted by molar-refractivity contribution is 5.93. The Labute approximate surface area is 237 Å². The lowest BCUT2D eigenvalue weighted by Gasteiger charge is -2.27. The fourth-order valence-corrected chi connectivity index (χ4v) is 4.76. The van der Waals surface area contributed by atoms with Gasteiger partial charge in [-0.3, -0.25) is 14.4 Å². The van der Waals surface area contributed by atoms with E-state index in [9.17, 15) is 14.4 Å². The van der Waals surface area contributed by atoms with Crippen molar-refractivity contribution in [2.75, 3.05) is 26.8 Å². The largest absolute Gasteiger partial charge is 0.497 e. The van der Waals surface area contributed by atoms with Crippen LogP contribution in [0.2, 0.25) is 0 Å². The lowest BCUT2D eigenvalue weighted by atomic mass is 10.00. The Hall–Kier alpha value is -3.59. The van der Waals surface area contributed by atoms with E-state index in [1.165, 1.54) is 0 Å². The number of aryl methyl sites for hydroxylation is 1. The second-order valence-electron chi connectivity index (χ2n) is 10.5. The second-order valence-corrected chi connectivity index (χ2v) is 10.5. The quantitative estimate of drug-likeness (QED) is 0.438. The number of rotatable bonds is 6. The lowest BCUT2D eigenvalue weighted by molar-refractivity contribution is -0.133. The van der Waals surface area contributed by atoms with Gasteiger partial charge in [-0.15, -0.1) is 0 Å². The molecule has 3 atom stereocenters. The number of ether oxygens (including phenoxy) is 2. The number of carbonyl (C=O) groups is 3. The first-order valence-electron chi connectivity index (χ1n) is 14.3. The van der Waals surface area contributed by atoms with E-state index in [0.29, 0.717) is 38.3 Å². The van der Waals surface area contributed by atoms with E-state index < -0.39 is 18.1 Å². The summed E-state index contributed by atoms with van der Waals surface area (Å²) in [6.07, 6.45) is 3.11. The molecular weight excluding hydrogens is 508 g/mol. The summed E-state index contributed by atoms with van der Waals surface area (Å²) in [5.74, 6) is 0.439. The number of carbonyl (C=O) groups excluding carboxylic acids is 3. The van der Waals surface area contributed by atoms with Gasteiger partial charge in [-0.1, -0.05) is 57.5 Å². The van der Waals surface area contributed by atoms with E-state index in [1.807, 2.05) is 69.3 Å². The van der Waals surface area contributed by atoms with Crippen LogP contribution < -0.4 is 30.7 Å². The zero-order valence-corrected chi connectivity index (χ0v) is 24.1. The van der Waals surface area contributed by atoms with Crippen LogP contribution in [0.1, 0.15) is 51.2 Å². The van der Waals surface area contributed by atoms with Crippen molar-refractivity contribution >= 4 is 17.7 Å². The Morgan fingerprint density at radius 1 is 0.950 bits per heavy atom. The monoisotopic (exact) mass is 552 g/mol. The van der Waals surface area contributed by atoms with Crippen molar-refractivity contribution in [3.8, 4) is 11.5 Å². The summed E-state index contributed by atoms with van der Waals surface area (Å²) in [5.41, 5.74) is 1.98. The molecule has 3 rings (SSSR count). The molecule has 1 heterocycles. The minimum absolute atomic E-state index is 0.183. The summed E-state index contributed by atoms with van der Waals surface area (Å²) < 4.78 is 11.4. The molecule has 9 heteroatoms. The van der Waals surface area contributed by atoms with Crippen LogP contribution in [0.25, 0.3) is 0 Å². The molecule has 1 aliphatic heterocycles. The molecule has 0 aliphatic carbocycles. The summed E-state index contributed by atoms with van der Waals surface area (Å²) in [7, 11) is 1.60. The van der Waals surface area contributed by atoms with Gasteiger partial charge in [-0.05, 0) is 60.9 Å². The van der Waals surface area contributed by atoms with Crippen LogP contribution in [0.5, 0.6) is 11.5 Å². The highest BCUT2D eigenvalue weighted by Gasteiger charge is 2.30. The SMILES string of the molecule is CCC[C@@H]1NC(=O)[C@@H](C(C)C)NC(=O)[C@@H](Cc2cccc(OC)c2)NCCOc2ccccc2CCCNC1=O. The molecule has 0 saturated carbocycles. The van der Waals surface area contributed by atoms with E-state index in [4.69, 9.17) is 9.47 Å². The average Bonchev–Trinajstić information content (AvgIpc) is 2.95. The van der Waals surface area contributed by atoms with Gasteiger partial charge in [-0.2, -0.15) is 0 Å². The van der Waals surface area contributed by atoms with Gasteiger partial charge in [0.05, 0.1) is 13.2 Å². The van der Waals surface area contributed by atoms with Gasteiger partial charge >= 0.3 is 0 Å². The van der Waals surface area contributed by atoms with E-state index in [-0.39, 0.29) is 23.6 Å². The molecule has 0 fully saturated rings. The Morgan fingerprint density at radius 2 is 1.75 bits per heavy atom. The van der Waals surface area contributed by atoms with E-state index in [1.54, 1.807) is 7.11 Å². The fraction of sp³-hybridized carbons (Fsp3) is 0.516. The number of para-hydroxylation sites is 1. The molecular formula is C31H44N4O5. The number of hydrogen-bond donors (Lipinski definition) is 4. The van der Waals surface area contributed by atoms with Crippen molar-refractivity contribution in [3.05, 3.63) is 59.7 Å². The molecule has 4 N–H and O–H groups in total. The molecule has 0 saturated heterocycles. The topological polar surface area (TPSA) is 118 Å². The van der Waals surface area contributed by atoms with Gasteiger partial charge < -0.3 is 30.7 Å². The summed E-state index contributed by atoms with van der Waals surface area (Å²) in [6, 6.07) is 13.4. The maximum absolute atomic E-state index is 13.6. The smallest absolute Gasteiger partial charge is 0.243 e. The number of amides is 3. The molecule has 1 aliphatic rings. The third-order valence-corrected chi connectivity index (χ3v) is 6.99. The molecule has 9 nitrogen and oxygen atoms in total.